The van der Waals surface area contributed by atoms with Crippen molar-refractivity contribution < 1.29 is 4.52 Å². The van der Waals surface area contributed by atoms with Gasteiger partial charge in [-0.15, -0.1) is 0 Å². The maximum atomic E-state index is 6.30. The number of hydrogen-bond donors (Lipinski definition) is 1. The van der Waals surface area contributed by atoms with Crippen LogP contribution in [0.1, 0.15) is 44.4 Å². The van der Waals surface area contributed by atoms with E-state index in [-0.39, 0.29) is 6.04 Å². The number of piperazine rings is 1. The number of rotatable bonds is 4. The molecule has 1 aromatic rings. The molecule has 1 fully saturated rings. The summed E-state index contributed by atoms with van der Waals surface area (Å²) in [6, 6.07) is 0.189. The van der Waals surface area contributed by atoms with Gasteiger partial charge in [0, 0.05) is 19.6 Å². The van der Waals surface area contributed by atoms with E-state index in [0.717, 1.165) is 38.3 Å². The molecule has 0 bridgehead atoms. The van der Waals surface area contributed by atoms with E-state index in [2.05, 4.69) is 34.0 Å². The molecule has 2 heterocycles. The minimum atomic E-state index is -0.496. The molecule has 1 aliphatic heterocycles. The average molecular weight is 267 g/mol. The Morgan fingerprint density at radius 3 is 2.63 bits per heavy atom. The van der Waals surface area contributed by atoms with E-state index < -0.39 is 5.54 Å². The van der Waals surface area contributed by atoms with Crippen LogP contribution >= 0.6 is 0 Å². The van der Waals surface area contributed by atoms with Crippen molar-refractivity contribution in [3.8, 4) is 0 Å². The van der Waals surface area contributed by atoms with Crippen LogP contribution in [0.4, 0.5) is 0 Å². The molecule has 108 valence electrons. The molecule has 2 N–H and O–H groups in total. The van der Waals surface area contributed by atoms with E-state index in [9.17, 15) is 0 Å². The highest BCUT2D eigenvalue weighted by molar-refractivity contribution is 5.05. The highest BCUT2D eigenvalue weighted by atomic mass is 16.5. The van der Waals surface area contributed by atoms with Crippen molar-refractivity contribution in [2.24, 2.45) is 5.73 Å². The van der Waals surface area contributed by atoms with Crippen molar-refractivity contribution in [2.45, 2.75) is 38.3 Å². The Balaban J connectivity index is 2.20. The van der Waals surface area contributed by atoms with Crippen molar-refractivity contribution in [2.75, 3.05) is 33.7 Å². The molecule has 19 heavy (non-hydrogen) atoms. The highest BCUT2D eigenvalue weighted by Gasteiger charge is 2.33. The zero-order valence-corrected chi connectivity index (χ0v) is 12.4. The zero-order chi connectivity index (χ0) is 14.0. The molecule has 1 aliphatic rings. The topological polar surface area (TPSA) is 71.4 Å². The fraction of sp³-hybridized carbons (Fsp3) is 0.846. The molecule has 6 nitrogen and oxygen atoms in total. The molecule has 1 atom stereocenters. The third kappa shape index (κ3) is 2.80. The summed E-state index contributed by atoms with van der Waals surface area (Å²) < 4.78 is 5.42. The normalized spacial score (nSPS) is 22.9. The first-order chi connectivity index (χ1) is 9.00. The van der Waals surface area contributed by atoms with Gasteiger partial charge in [-0.25, -0.2) is 0 Å². The van der Waals surface area contributed by atoms with Crippen LogP contribution in [0, 0.1) is 0 Å². The third-order valence-electron chi connectivity index (χ3n) is 4.28. The van der Waals surface area contributed by atoms with Crippen LogP contribution in [0.15, 0.2) is 4.52 Å². The van der Waals surface area contributed by atoms with E-state index in [1.54, 1.807) is 0 Å². The summed E-state index contributed by atoms with van der Waals surface area (Å²) in [5.74, 6) is 1.31. The van der Waals surface area contributed by atoms with Crippen LogP contribution < -0.4 is 5.73 Å². The molecule has 0 amide bonds. The van der Waals surface area contributed by atoms with Gasteiger partial charge in [-0.05, 0) is 26.9 Å². The molecule has 2 rings (SSSR count). The smallest absolute Gasteiger partial charge is 0.246 e. The Morgan fingerprint density at radius 2 is 2.00 bits per heavy atom. The summed E-state index contributed by atoms with van der Waals surface area (Å²) in [6.07, 6.45) is 1.59. The minimum absolute atomic E-state index is 0.189. The van der Waals surface area contributed by atoms with Crippen molar-refractivity contribution in [3.05, 3.63) is 11.7 Å². The van der Waals surface area contributed by atoms with Gasteiger partial charge in [0.1, 0.15) is 0 Å². The van der Waals surface area contributed by atoms with Crippen LogP contribution in [0.5, 0.6) is 0 Å². The van der Waals surface area contributed by atoms with Gasteiger partial charge in [0.05, 0.1) is 11.6 Å². The molecule has 0 radical (unpaired) electrons. The van der Waals surface area contributed by atoms with Gasteiger partial charge >= 0.3 is 0 Å². The maximum Gasteiger partial charge on any atom is 0.246 e. The zero-order valence-electron chi connectivity index (χ0n) is 12.4. The van der Waals surface area contributed by atoms with Gasteiger partial charge < -0.3 is 15.2 Å². The van der Waals surface area contributed by atoms with Crippen LogP contribution in [0.25, 0.3) is 0 Å². The Labute approximate surface area is 114 Å². The minimum Gasteiger partial charge on any atom is -0.337 e. The molecule has 1 aromatic heterocycles. The SMILES string of the molecule is CCC(N)(CC)c1nc(C2CN(C)CCN2C)no1. The second-order valence-electron chi connectivity index (χ2n) is 5.58. The highest BCUT2D eigenvalue weighted by Crippen LogP contribution is 2.27. The summed E-state index contributed by atoms with van der Waals surface area (Å²) in [4.78, 5) is 9.12. The van der Waals surface area contributed by atoms with Crippen LogP contribution in [0.3, 0.4) is 0 Å². The van der Waals surface area contributed by atoms with Crippen molar-refractivity contribution in [1.29, 1.82) is 0 Å². The number of nitrogens with two attached hydrogens (primary N) is 1. The first kappa shape index (κ1) is 14.4. The molecule has 0 saturated carbocycles. The molecular formula is C13H25N5O. The molecule has 1 unspecified atom stereocenters. The van der Waals surface area contributed by atoms with Crippen LogP contribution in [-0.2, 0) is 5.54 Å². The van der Waals surface area contributed by atoms with E-state index in [1.165, 1.54) is 0 Å². The largest absolute Gasteiger partial charge is 0.337 e. The number of nitrogens with zero attached hydrogens (tertiary/aromatic N) is 4. The summed E-state index contributed by atoms with van der Waals surface area (Å²) in [7, 11) is 4.22. The lowest BCUT2D eigenvalue weighted by Crippen LogP contribution is -2.45. The van der Waals surface area contributed by atoms with Gasteiger partial charge in [-0.3, -0.25) is 4.90 Å². The predicted octanol–water partition coefficient (Wildman–Crippen LogP) is 0.962. The van der Waals surface area contributed by atoms with E-state index in [4.69, 9.17) is 10.3 Å². The first-order valence-corrected chi connectivity index (χ1v) is 7.02. The second-order valence-corrected chi connectivity index (χ2v) is 5.58. The average Bonchev–Trinajstić information content (AvgIpc) is 2.90. The lowest BCUT2D eigenvalue weighted by molar-refractivity contribution is 0.108. The third-order valence-corrected chi connectivity index (χ3v) is 4.28. The van der Waals surface area contributed by atoms with E-state index >= 15 is 0 Å². The number of aromatic nitrogens is 2. The number of likely N-dealkylation sites (N-methyl/N-ethyl adjacent to an activating group) is 2. The molecule has 0 aliphatic carbocycles. The lowest BCUT2D eigenvalue weighted by Gasteiger charge is -2.35. The quantitative estimate of drug-likeness (QED) is 0.876. The summed E-state index contributed by atoms with van der Waals surface area (Å²) in [5.41, 5.74) is 5.81. The van der Waals surface area contributed by atoms with Crippen LogP contribution in [0.2, 0.25) is 0 Å². The van der Waals surface area contributed by atoms with Crippen molar-refractivity contribution in [1.82, 2.24) is 19.9 Å². The monoisotopic (exact) mass is 267 g/mol. The Hall–Kier alpha value is -0.980. The van der Waals surface area contributed by atoms with Crippen molar-refractivity contribution >= 4 is 0 Å². The number of hydrogen-bond acceptors (Lipinski definition) is 6. The lowest BCUT2D eigenvalue weighted by atomic mass is 9.94. The van der Waals surface area contributed by atoms with Crippen LogP contribution in [-0.4, -0.2) is 53.7 Å². The predicted molar refractivity (Wildman–Crippen MR) is 73.6 cm³/mol. The van der Waals surface area contributed by atoms with E-state index in [1.807, 2.05) is 13.8 Å². The van der Waals surface area contributed by atoms with Gasteiger partial charge in [-0.2, -0.15) is 4.98 Å². The second kappa shape index (κ2) is 5.56. The molecule has 1 saturated heterocycles. The van der Waals surface area contributed by atoms with Gasteiger partial charge in [0.2, 0.25) is 5.89 Å². The Bertz CT molecular complexity index is 415. The molecule has 6 heteroatoms. The Kier molecular flexibility index (Phi) is 4.23. The van der Waals surface area contributed by atoms with Gasteiger partial charge in [0.15, 0.2) is 5.82 Å². The molecular weight excluding hydrogens is 242 g/mol. The van der Waals surface area contributed by atoms with E-state index in [0.29, 0.717) is 5.89 Å². The van der Waals surface area contributed by atoms with Crippen molar-refractivity contribution in [3.63, 3.8) is 0 Å². The summed E-state index contributed by atoms with van der Waals surface area (Å²) in [6.45, 7) is 7.11. The fourth-order valence-electron chi connectivity index (χ4n) is 2.41. The fourth-order valence-corrected chi connectivity index (χ4v) is 2.41. The standard InChI is InChI=1S/C13H25N5O/c1-5-13(14,6-2)12-15-11(16-19-12)10-9-17(3)7-8-18(10)4/h10H,5-9,14H2,1-4H3. The summed E-state index contributed by atoms with van der Waals surface area (Å²) >= 11 is 0. The molecule has 0 spiro atoms. The maximum absolute atomic E-state index is 6.30. The molecule has 0 aromatic carbocycles. The Morgan fingerprint density at radius 1 is 1.32 bits per heavy atom. The first-order valence-electron chi connectivity index (χ1n) is 7.02. The van der Waals surface area contributed by atoms with Gasteiger partial charge in [-0.1, -0.05) is 19.0 Å². The summed E-state index contributed by atoms with van der Waals surface area (Å²) in [5, 5.41) is 4.15. The van der Waals surface area contributed by atoms with Gasteiger partial charge in [0.25, 0.3) is 0 Å².